The van der Waals surface area contributed by atoms with Crippen molar-refractivity contribution in [1.29, 1.82) is 0 Å². The zero-order valence-corrected chi connectivity index (χ0v) is 13.5. The lowest BCUT2D eigenvalue weighted by atomic mass is 9.91. The molecule has 0 bridgehead atoms. The normalized spacial score (nSPS) is 12.8. The molecule has 114 valence electrons. The first-order valence-corrected chi connectivity index (χ1v) is 7.67. The van der Waals surface area contributed by atoms with Crippen LogP contribution >= 0.6 is 0 Å². The number of aromatic nitrogens is 3. The number of hydrogen-bond donors (Lipinski definition) is 1. The van der Waals surface area contributed by atoms with E-state index < -0.39 is 0 Å². The van der Waals surface area contributed by atoms with E-state index in [0.717, 1.165) is 25.3 Å². The van der Waals surface area contributed by atoms with Crippen LogP contribution in [-0.4, -0.2) is 27.9 Å². The molecule has 0 fully saturated rings. The fourth-order valence-electron chi connectivity index (χ4n) is 2.61. The summed E-state index contributed by atoms with van der Waals surface area (Å²) in [4.78, 5) is 4.38. The standard InChI is InChI=1S/C17H26N4/c1-13(2)10-18-11-15(9-17-19-12-20-21(17)4)16-8-6-5-7-14(16)3/h5-8,12-13,15,18H,9-11H2,1-4H3. The van der Waals surface area contributed by atoms with E-state index in [2.05, 4.69) is 60.4 Å². The summed E-state index contributed by atoms with van der Waals surface area (Å²) in [5.74, 6) is 2.12. The molecule has 0 aliphatic carbocycles. The molecule has 0 aliphatic heterocycles. The lowest BCUT2D eigenvalue weighted by molar-refractivity contribution is 0.503. The number of benzene rings is 1. The van der Waals surface area contributed by atoms with Crippen molar-refractivity contribution in [2.24, 2.45) is 13.0 Å². The minimum Gasteiger partial charge on any atom is -0.316 e. The summed E-state index contributed by atoms with van der Waals surface area (Å²) in [6.07, 6.45) is 2.54. The monoisotopic (exact) mass is 286 g/mol. The molecule has 4 nitrogen and oxygen atoms in total. The Morgan fingerprint density at radius 1 is 1.19 bits per heavy atom. The van der Waals surface area contributed by atoms with Crippen molar-refractivity contribution in [3.05, 3.63) is 47.5 Å². The van der Waals surface area contributed by atoms with Crippen LogP contribution in [0.25, 0.3) is 0 Å². The van der Waals surface area contributed by atoms with E-state index in [4.69, 9.17) is 0 Å². The molecule has 1 unspecified atom stereocenters. The molecule has 0 aliphatic rings. The number of rotatable bonds is 7. The van der Waals surface area contributed by atoms with Gasteiger partial charge < -0.3 is 5.32 Å². The SMILES string of the molecule is Cc1ccccc1C(CNCC(C)C)Cc1ncnn1C. The second-order valence-corrected chi connectivity index (χ2v) is 6.11. The van der Waals surface area contributed by atoms with Gasteiger partial charge in [0, 0.05) is 25.9 Å². The Morgan fingerprint density at radius 2 is 1.95 bits per heavy atom. The number of nitrogens with zero attached hydrogens (tertiary/aromatic N) is 3. The van der Waals surface area contributed by atoms with Gasteiger partial charge in [-0.1, -0.05) is 38.1 Å². The molecule has 1 atom stereocenters. The Labute approximate surface area is 127 Å². The highest BCUT2D eigenvalue weighted by Crippen LogP contribution is 2.22. The maximum atomic E-state index is 4.38. The van der Waals surface area contributed by atoms with E-state index >= 15 is 0 Å². The van der Waals surface area contributed by atoms with Crippen LogP contribution in [0.2, 0.25) is 0 Å². The fraction of sp³-hybridized carbons (Fsp3) is 0.529. The second-order valence-electron chi connectivity index (χ2n) is 6.11. The zero-order valence-electron chi connectivity index (χ0n) is 13.5. The summed E-state index contributed by atoms with van der Waals surface area (Å²) in [7, 11) is 1.96. The highest BCUT2D eigenvalue weighted by atomic mass is 15.3. The summed E-state index contributed by atoms with van der Waals surface area (Å²) >= 11 is 0. The molecule has 4 heteroatoms. The maximum absolute atomic E-state index is 4.38. The van der Waals surface area contributed by atoms with E-state index in [9.17, 15) is 0 Å². The van der Waals surface area contributed by atoms with Gasteiger partial charge in [-0.05, 0) is 30.5 Å². The second kappa shape index (κ2) is 7.36. The van der Waals surface area contributed by atoms with Crippen LogP contribution < -0.4 is 5.32 Å². The molecule has 0 spiro atoms. The van der Waals surface area contributed by atoms with Crippen LogP contribution in [0.4, 0.5) is 0 Å². The minimum atomic E-state index is 0.424. The van der Waals surface area contributed by atoms with Gasteiger partial charge in [-0.15, -0.1) is 0 Å². The Bertz CT molecular complexity index is 559. The molecule has 0 radical (unpaired) electrons. The van der Waals surface area contributed by atoms with Crippen molar-refractivity contribution in [3.63, 3.8) is 0 Å². The van der Waals surface area contributed by atoms with Gasteiger partial charge in [0.05, 0.1) is 0 Å². The minimum absolute atomic E-state index is 0.424. The van der Waals surface area contributed by atoms with Gasteiger partial charge in [-0.3, -0.25) is 4.68 Å². The van der Waals surface area contributed by atoms with Crippen molar-refractivity contribution in [3.8, 4) is 0 Å². The molecular weight excluding hydrogens is 260 g/mol. The Morgan fingerprint density at radius 3 is 2.57 bits per heavy atom. The fourth-order valence-corrected chi connectivity index (χ4v) is 2.61. The first kappa shape index (κ1) is 15.7. The largest absolute Gasteiger partial charge is 0.316 e. The van der Waals surface area contributed by atoms with E-state index in [1.807, 2.05) is 11.7 Å². The Balaban J connectivity index is 2.14. The van der Waals surface area contributed by atoms with Gasteiger partial charge in [0.25, 0.3) is 0 Å². The van der Waals surface area contributed by atoms with Gasteiger partial charge in [-0.2, -0.15) is 5.10 Å². The molecule has 1 heterocycles. The molecule has 1 N–H and O–H groups in total. The molecule has 0 saturated carbocycles. The van der Waals surface area contributed by atoms with Crippen molar-refractivity contribution >= 4 is 0 Å². The van der Waals surface area contributed by atoms with E-state index in [1.54, 1.807) is 6.33 Å². The van der Waals surface area contributed by atoms with E-state index in [1.165, 1.54) is 11.1 Å². The molecule has 2 aromatic rings. The summed E-state index contributed by atoms with van der Waals surface area (Å²) in [6.45, 7) is 8.66. The van der Waals surface area contributed by atoms with Crippen LogP contribution in [0.15, 0.2) is 30.6 Å². The third kappa shape index (κ3) is 4.39. The number of aryl methyl sites for hydroxylation is 2. The van der Waals surface area contributed by atoms with Gasteiger partial charge in [-0.25, -0.2) is 4.98 Å². The number of hydrogen-bond acceptors (Lipinski definition) is 3. The van der Waals surface area contributed by atoms with E-state index in [-0.39, 0.29) is 0 Å². The topological polar surface area (TPSA) is 42.7 Å². The Kier molecular flexibility index (Phi) is 5.51. The molecule has 1 aromatic carbocycles. The van der Waals surface area contributed by atoms with Crippen LogP contribution in [0.3, 0.4) is 0 Å². The highest BCUT2D eigenvalue weighted by molar-refractivity contribution is 5.30. The molecule has 2 rings (SSSR count). The van der Waals surface area contributed by atoms with E-state index in [0.29, 0.717) is 11.8 Å². The summed E-state index contributed by atoms with van der Waals surface area (Å²) in [5, 5.41) is 7.76. The quantitative estimate of drug-likeness (QED) is 0.851. The molecule has 0 amide bonds. The summed E-state index contributed by atoms with van der Waals surface area (Å²) in [6, 6.07) is 8.63. The molecule has 21 heavy (non-hydrogen) atoms. The predicted molar refractivity (Wildman–Crippen MR) is 86.3 cm³/mol. The van der Waals surface area contributed by atoms with Crippen LogP contribution in [-0.2, 0) is 13.5 Å². The predicted octanol–water partition coefficient (Wildman–Crippen LogP) is 2.70. The first-order chi connectivity index (χ1) is 10.1. The number of nitrogens with one attached hydrogen (secondary N) is 1. The molecular formula is C17H26N4. The van der Waals surface area contributed by atoms with Crippen molar-refractivity contribution in [2.45, 2.75) is 33.1 Å². The van der Waals surface area contributed by atoms with Gasteiger partial charge >= 0.3 is 0 Å². The zero-order chi connectivity index (χ0) is 15.2. The maximum Gasteiger partial charge on any atom is 0.138 e. The van der Waals surface area contributed by atoms with Gasteiger partial charge in [0.15, 0.2) is 0 Å². The average molecular weight is 286 g/mol. The van der Waals surface area contributed by atoms with Crippen LogP contribution in [0, 0.1) is 12.8 Å². The third-order valence-corrected chi connectivity index (χ3v) is 3.81. The van der Waals surface area contributed by atoms with Crippen molar-refractivity contribution in [1.82, 2.24) is 20.1 Å². The molecule has 0 saturated heterocycles. The van der Waals surface area contributed by atoms with Crippen LogP contribution in [0.1, 0.15) is 36.7 Å². The Hall–Kier alpha value is -1.68. The van der Waals surface area contributed by atoms with Crippen molar-refractivity contribution in [2.75, 3.05) is 13.1 Å². The lowest BCUT2D eigenvalue weighted by Gasteiger charge is -2.20. The van der Waals surface area contributed by atoms with Gasteiger partial charge in [0.1, 0.15) is 12.2 Å². The summed E-state index contributed by atoms with van der Waals surface area (Å²) < 4.78 is 1.87. The third-order valence-electron chi connectivity index (χ3n) is 3.81. The smallest absolute Gasteiger partial charge is 0.138 e. The average Bonchev–Trinajstić information content (AvgIpc) is 2.83. The summed E-state index contributed by atoms with van der Waals surface area (Å²) in [5.41, 5.74) is 2.74. The van der Waals surface area contributed by atoms with Crippen LogP contribution in [0.5, 0.6) is 0 Å². The molecule has 1 aromatic heterocycles. The van der Waals surface area contributed by atoms with Crippen molar-refractivity contribution < 1.29 is 0 Å². The lowest BCUT2D eigenvalue weighted by Crippen LogP contribution is -2.27. The van der Waals surface area contributed by atoms with Gasteiger partial charge in [0.2, 0.25) is 0 Å². The highest BCUT2D eigenvalue weighted by Gasteiger charge is 2.16. The first-order valence-electron chi connectivity index (χ1n) is 7.67.